The molecule has 0 bridgehead atoms. The van der Waals surface area contributed by atoms with Crippen LogP contribution in [0.5, 0.6) is 0 Å². The molecule has 0 aliphatic carbocycles. The van der Waals surface area contributed by atoms with Crippen LogP contribution in [0, 0.1) is 0 Å². The van der Waals surface area contributed by atoms with Crippen molar-refractivity contribution in [3.63, 3.8) is 0 Å². The Morgan fingerprint density at radius 1 is 1.31 bits per heavy atom. The van der Waals surface area contributed by atoms with E-state index in [9.17, 15) is 0 Å². The first-order chi connectivity index (χ1) is 6.31. The number of hydrogen-bond acceptors (Lipinski definition) is 2. The van der Waals surface area contributed by atoms with Crippen LogP contribution >= 0.6 is 11.9 Å². The molecule has 2 nitrogen and oxygen atoms in total. The van der Waals surface area contributed by atoms with Crippen LogP contribution in [0.4, 0.5) is 0 Å². The molecule has 0 atom stereocenters. The summed E-state index contributed by atoms with van der Waals surface area (Å²) in [5, 5.41) is 1.29. The number of hydrogen-bond donors (Lipinski definition) is 1. The van der Waals surface area contributed by atoms with Crippen LogP contribution in [0.1, 0.15) is 0 Å². The van der Waals surface area contributed by atoms with Crippen LogP contribution in [0.3, 0.4) is 0 Å². The molecule has 1 heterocycles. The van der Waals surface area contributed by atoms with E-state index in [0.29, 0.717) is 0 Å². The highest BCUT2D eigenvalue weighted by Crippen LogP contribution is 2.21. The monoisotopic (exact) mass is 192 g/mol. The molecule has 68 valence electrons. The highest BCUT2D eigenvalue weighted by atomic mass is 32.2. The molecule has 0 radical (unpaired) electrons. The highest BCUT2D eigenvalue weighted by Gasteiger charge is 1.98. The Bertz CT molecular complexity index is 420. The molecule has 1 aromatic carbocycles. The van der Waals surface area contributed by atoms with E-state index in [1.807, 2.05) is 7.05 Å². The Morgan fingerprint density at radius 3 is 2.92 bits per heavy atom. The van der Waals surface area contributed by atoms with Gasteiger partial charge in [-0.1, -0.05) is 0 Å². The van der Waals surface area contributed by atoms with Crippen molar-refractivity contribution in [3.05, 3.63) is 30.5 Å². The SMILES string of the molecule is CNSc1ccc2c(ccn2C)c1. The molecule has 2 aromatic rings. The molecule has 0 saturated heterocycles. The Labute approximate surface area is 82.1 Å². The second kappa shape index (κ2) is 3.44. The van der Waals surface area contributed by atoms with E-state index < -0.39 is 0 Å². The van der Waals surface area contributed by atoms with E-state index in [1.165, 1.54) is 15.8 Å². The van der Waals surface area contributed by atoms with Crippen LogP contribution in [-0.2, 0) is 7.05 Å². The summed E-state index contributed by atoms with van der Waals surface area (Å²) in [5.41, 5.74) is 1.28. The Hall–Kier alpha value is -0.930. The molecule has 3 heteroatoms. The summed E-state index contributed by atoms with van der Waals surface area (Å²) in [5.74, 6) is 0. The van der Waals surface area contributed by atoms with Gasteiger partial charge in [-0.05, 0) is 43.3 Å². The lowest BCUT2D eigenvalue weighted by Crippen LogP contribution is -1.90. The van der Waals surface area contributed by atoms with Crippen molar-refractivity contribution in [2.45, 2.75) is 4.90 Å². The summed E-state index contributed by atoms with van der Waals surface area (Å²) < 4.78 is 5.19. The zero-order chi connectivity index (χ0) is 9.26. The van der Waals surface area contributed by atoms with E-state index in [0.717, 1.165) is 0 Å². The second-order valence-corrected chi connectivity index (χ2v) is 4.04. The fraction of sp³-hybridized carbons (Fsp3) is 0.200. The first kappa shape index (κ1) is 8.66. The van der Waals surface area contributed by atoms with Crippen LogP contribution in [0.15, 0.2) is 35.4 Å². The van der Waals surface area contributed by atoms with Crippen LogP contribution < -0.4 is 4.72 Å². The molecule has 0 amide bonds. The van der Waals surface area contributed by atoms with Gasteiger partial charge in [0.05, 0.1) is 0 Å². The maximum absolute atomic E-state index is 3.07. The number of aryl methyl sites for hydroxylation is 1. The molecule has 0 spiro atoms. The number of rotatable bonds is 2. The van der Waals surface area contributed by atoms with Crippen LogP contribution in [0.2, 0.25) is 0 Å². The van der Waals surface area contributed by atoms with Gasteiger partial charge in [0.2, 0.25) is 0 Å². The zero-order valence-corrected chi connectivity index (χ0v) is 8.56. The first-order valence-electron chi connectivity index (χ1n) is 4.20. The molecule has 1 N–H and O–H groups in total. The number of nitrogens with one attached hydrogen (secondary N) is 1. The Balaban J connectivity index is 2.50. The average molecular weight is 192 g/mol. The third-order valence-electron chi connectivity index (χ3n) is 2.08. The predicted molar refractivity (Wildman–Crippen MR) is 57.8 cm³/mol. The summed E-state index contributed by atoms with van der Waals surface area (Å²) in [4.78, 5) is 1.25. The molecule has 0 fully saturated rings. The predicted octanol–water partition coefficient (Wildman–Crippen LogP) is 2.40. The minimum Gasteiger partial charge on any atom is -0.351 e. The van der Waals surface area contributed by atoms with Gasteiger partial charge in [0.1, 0.15) is 0 Å². The van der Waals surface area contributed by atoms with Gasteiger partial charge < -0.3 is 4.57 Å². The second-order valence-electron chi connectivity index (χ2n) is 2.95. The number of fused-ring (bicyclic) bond motifs is 1. The standard InChI is InChI=1S/C10H12N2S/c1-11-13-9-3-4-10-8(7-9)5-6-12(10)2/h3-7,11H,1-2H3. The molecule has 0 aliphatic rings. The number of nitrogens with zero attached hydrogens (tertiary/aromatic N) is 1. The highest BCUT2D eigenvalue weighted by molar-refractivity contribution is 7.97. The minimum atomic E-state index is 1.25. The van der Waals surface area contributed by atoms with E-state index >= 15 is 0 Å². The van der Waals surface area contributed by atoms with Gasteiger partial charge in [-0.2, -0.15) is 0 Å². The zero-order valence-electron chi connectivity index (χ0n) is 7.74. The lowest BCUT2D eigenvalue weighted by Gasteiger charge is -2.00. The summed E-state index contributed by atoms with van der Waals surface area (Å²) in [6.45, 7) is 0. The first-order valence-corrected chi connectivity index (χ1v) is 5.01. The molecular formula is C10H12N2S. The smallest absolute Gasteiger partial charge is 0.0478 e. The average Bonchev–Trinajstić information content (AvgIpc) is 2.48. The minimum absolute atomic E-state index is 1.25. The third-order valence-corrected chi connectivity index (χ3v) is 2.77. The lowest BCUT2D eigenvalue weighted by atomic mass is 10.2. The maximum Gasteiger partial charge on any atom is 0.0478 e. The van der Waals surface area contributed by atoms with E-state index in [-0.39, 0.29) is 0 Å². The Kier molecular flexibility index (Phi) is 2.29. The van der Waals surface area contributed by atoms with Crippen molar-refractivity contribution in [1.29, 1.82) is 0 Å². The van der Waals surface area contributed by atoms with Crippen LogP contribution in [-0.4, -0.2) is 11.6 Å². The summed E-state index contributed by atoms with van der Waals surface area (Å²) in [6, 6.07) is 8.60. The largest absolute Gasteiger partial charge is 0.351 e. The molecule has 0 saturated carbocycles. The normalized spacial score (nSPS) is 10.9. The maximum atomic E-state index is 3.07. The van der Waals surface area contributed by atoms with Gasteiger partial charge in [0.25, 0.3) is 0 Å². The summed E-state index contributed by atoms with van der Waals surface area (Å²) in [7, 11) is 3.99. The molecule has 13 heavy (non-hydrogen) atoms. The summed E-state index contributed by atoms with van der Waals surface area (Å²) in [6.07, 6.45) is 2.08. The van der Waals surface area contributed by atoms with Crippen molar-refractivity contribution in [2.75, 3.05) is 7.05 Å². The van der Waals surface area contributed by atoms with Gasteiger partial charge in [-0.3, -0.25) is 4.72 Å². The van der Waals surface area contributed by atoms with Gasteiger partial charge in [-0.15, -0.1) is 0 Å². The number of aromatic nitrogens is 1. The van der Waals surface area contributed by atoms with Gasteiger partial charge in [0, 0.05) is 29.0 Å². The van der Waals surface area contributed by atoms with E-state index in [1.54, 1.807) is 11.9 Å². The van der Waals surface area contributed by atoms with E-state index in [2.05, 4.69) is 46.8 Å². The fourth-order valence-electron chi connectivity index (χ4n) is 1.44. The topological polar surface area (TPSA) is 17.0 Å². The molecule has 2 rings (SSSR count). The lowest BCUT2D eigenvalue weighted by molar-refractivity contribution is 0.969. The molecule has 0 unspecified atom stereocenters. The van der Waals surface area contributed by atoms with Crippen molar-refractivity contribution >= 4 is 22.9 Å². The van der Waals surface area contributed by atoms with Gasteiger partial charge >= 0.3 is 0 Å². The molecule has 1 aromatic heterocycles. The van der Waals surface area contributed by atoms with Crippen molar-refractivity contribution in [1.82, 2.24) is 9.29 Å². The van der Waals surface area contributed by atoms with Gasteiger partial charge in [-0.25, -0.2) is 0 Å². The van der Waals surface area contributed by atoms with E-state index in [4.69, 9.17) is 0 Å². The van der Waals surface area contributed by atoms with Crippen LogP contribution in [0.25, 0.3) is 10.9 Å². The molecular weight excluding hydrogens is 180 g/mol. The quantitative estimate of drug-likeness (QED) is 0.736. The number of benzene rings is 1. The van der Waals surface area contributed by atoms with Crippen molar-refractivity contribution in [3.8, 4) is 0 Å². The Morgan fingerprint density at radius 2 is 2.15 bits per heavy atom. The van der Waals surface area contributed by atoms with Crippen molar-refractivity contribution < 1.29 is 0 Å². The molecule has 0 aliphatic heterocycles. The fourth-order valence-corrected chi connectivity index (χ4v) is 2.00. The van der Waals surface area contributed by atoms with Gasteiger partial charge in [0.15, 0.2) is 0 Å². The van der Waals surface area contributed by atoms with Crippen molar-refractivity contribution in [2.24, 2.45) is 7.05 Å². The summed E-state index contributed by atoms with van der Waals surface area (Å²) >= 11 is 1.64. The third kappa shape index (κ3) is 1.57.